The monoisotopic (exact) mass is 332 g/mol. The van der Waals surface area contributed by atoms with Gasteiger partial charge in [-0.15, -0.1) is 23.1 Å². The van der Waals surface area contributed by atoms with Crippen molar-refractivity contribution in [2.45, 2.75) is 26.5 Å². The number of thioether (sulfide) groups is 1. The molecule has 1 amide bonds. The molecule has 1 aromatic carbocycles. The summed E-state index contributed by atoms with van der Waals surface area (Å²) in [5, 5.41) is 6.01. The van der Waals surface area contributed by atoms with Crippen LogP contribution in [0.1, 0.15) is 27.1 Å². The first kappa shape index (κ1) is 16.8. The standard InChI is InChI=1S/C17H20N2OS2/c1-12-6-13(2)8-15(7-12)10-21-11-17(20)19-18-9-16-14(3)4-5-22-16/h4-9H,10-11H2,1-3H3,(H,19,20)/b18-9+. The van der Waals surface area contributed by atoms with Crippen LogP contribution in [0.3, 0.4) is 0 Å². The quantitative estimate of drug-likeness (QED) is 0.640. The summed E-state index contributed by atoms with van der Waals surface area (Å²) in [7, 11) is 0. The van der Waals surface area contributed by atoms with E-state index in [1.165, 1.54) is 22.3 Å². The fourth-order valence-electron chi connectivity index (χ4n) is 2.13. The third-order valence-corrected chi connectivity index (χ3v) is 5.01. The van der Waals surface area contributed by atoms with Crippen LogP contribution in [0.15, 0.2) is 34.7 Å². The Bertz CT molecular complexity index is 657. The number of carbonyl (C=O) groups excluding carboxylic acids is 1. The van der Waals surface area contributed by atoms with Gasteiger partial charge in [-0.1, -0.05) is 29.3 Å². The summed E-state index contributed by atoms with van der Waals surface area (Å²) in [6, 6.07) is 8.51. The highest BCUT2D eigenvalue weighted by atomic mass is 32.2. The van der Waals surface area contributed by atoms with Crippen LogP contribution in [0.2, 0.25) is 0 Å². The van der Waals surface area contributed by atoms with E-state index < -0.39 is 0 Å². The fourth-order valence-corrected chi connectivity index (χ4v) is 3.67. The Kier molecular flexibility index (Phi) is 6.21. The van der Waals surface area contributed by atoms with Gasteiger partial charge in [0.25, 0.3) is 0 Å². The second-order valence-corrected chi connectivity index (χ2v) is 7.18. The number of aryl methyl sites for hydroxylation is 3. The molecule has 0 atom stereocenters. The number of nitrogens with one attached hydrogen (secondary N) is 1. The number of hydrazone groups is 1. The predicted octanol–water partition coefficient (Wildman–Crippen LogP) is 4.06. The molecule has 1 aromatic heterocycles. The highest BCUT2D eigenvalue weighted by Crippen LogP contribution is 2.16. The van der Waals surface area contributed by atoms with E-state index in [0.717, 1.165) is 10.6 Å². The highest BCUT2D eigenvalue weighted by Gasteiger charge is 2.02. The minimum Gasteiger partial charge on any atom is -0.272 e. The second kappa shape index (κ2) is 8.15. The summed E-state index contributed by atoms with van der Waals surface area (Å²) in [5.74, 6) is 1.18. The number of hydrogen-bond donors (Lipinski definition) is 1. The van der Waals surface area contributed by atoms with Gasteiger partial charge in [-0.25, -0.2) is 5.43 Å². The lowest BCUT2D eigenvalue weighted by Crippen LogP contribution is -2.19. The van der Waals surface area contributed by atoms with Crippen LogP contribution < -0.4 is 5.43 Å². The summed E-state index contributed by atoms with van der Waals surface area (Å²) in [6.45, 7) is 6.21. The number of rotatable bonds is 6. The summed E-state index contributed by atoms with van der Waals surface area (Å²) in [5.41, 5.74) is 7.52. The maximum Gasteiger partial charge on any atom is 0.250 e. The minimum atomic E-state index is -0.0696. The molecule has 0 aliphatic rings. The van der Waals surface area contributed by atoms with Crippen molar-refractivity contribution in [1.29, 1.82) is 0 Å². The first-order valence-electron chi connectivity index (χ1n) is 7.05. The van der Waals surface area contributed by atoms with Gasteiger partial charge in [0.1, 0.15) is 0 Å². The Balaban J connectivity index is 1.74. The van der Waals surface area contributed by atoms with Crippen LogP contribution in [0, 0.1) is 20.8 Å². The molecule has 1 heterocycles. The molecule has 3 nitrogen and oxygen atoms in total. The first-order valence-corrected chi connectivity index (χ1v) is 9.09. The van der Waals surface area contributed by atoms with E-state index in [-0.39, 0.29) is 5.91 Å². The molecule has 116 valence electrons. The molecule has 2 rings (SSSR count). The van der Waals surface area contributed by atoms with Gasteiger partial charge >= 0.3 is 0 Å². The summed E-state index contributed by atoms with van der Waals surface area (Å²) >= 11 is 3.21. The minimum absolute atomic E-state index is 0.0696. The molecule has 2 aromatic rings. The molecule has 0 bridgehead atoms. The van der Waals surface area contributed by atoms with E-state index >= 15 is 0 Å². The summed E-state index contributed by atoms with van der Waals surface area (Å²) in [4.78, 5) is 12.8. The maximum absolute atomic E-state index is 11.7. The molecular formula is C17H20N2OS2. The lowest BCUT2D eigenvalue weighted by molar-refractivity contribution is -0.118. The van der Waals surface area contributed by atoms with Crippen LogP contribution in [-0.2, 0) is 10.5 Å². The van der Waals surface area contributed by atoms with Crippen molar-refractivity contribution in [3.05, 3.63) is 56.8 Å². The van der Waals surface area contributed by atoms with Crippen LogP contribution in [0.5, 0.6) is 0 Å². The van der Waals surface area contributed by atoms with Crippen molar-refractivity contribution < 1.29 is 4.79 Å². The van der Waals surface area contributed by atoms with Gasteiger partial charge in [-0.05, 0) is 43.3 Å². The SMILES string of the molecule is Cc1cc(C)cc(CSCC(=O)N/N=C/c2sccc2C)c1. The number of benzene rings is 1. The smallest absolute Gasteiger partial charge is 0.250 e. The maximum atomic E-state index is 11.7. The average Bonchev–Trinajstić information content (AvgIpc) is 2.83. The zero-order valence-electron chi connectivity index (χ0n) is 13.1. The molecule has 0 saturated carbocycles. The zero-order valence-corrected chi connectivity index (χ0v) is 14.7. The number of hydrogen-bond acceptors (Lipinski definition) is 4. The van der Waals surface area contributed by atoms with Gasteiger partial charge in [0.2, 0.25) is 5.91 Å². The highest BCUT2D eigenvalue weighted by molar-refractivity contribution is 7.99. The molecule has 0 unspecified atom stereocenters. The van der Waals surface area contributed by atoms with Gasteiger partial charge in [-0.2, -0.15) is 5.10 Å². The fraction of sp³-hybridized carbons (Fsp3) is 0.294. The zero-order chi connectivity index (χ0) is 15.9. The van der Waals surface area contributed by atoms with Gasteiger partial charge < -0.3 is 0 Å². The van der Waals surface area contributed by atoms with Crippen molar-refractivity contribution in [1.82, 2.24) is 5.43 Å². The molecule has 0 fully saturated rings. The molecule has 22 heavy (non-hydrogen) atoms. The first-order chi connectivity index (χ1) is 10.5. The molecule has 0 saturated heterocycles. The van der Waals surface area contributed by atoms with Gasteiger partial charge in [0.15, 0.2) is 0 Å². The van der Waals surface area contributed by atoms with Crippen LogP contribution in [-0.4, -0.2) is 17.9 Å². The van der Waals surface area contributed by atoms with E-state index in [4.69, 9.17) is 0 Å². The Morgan fingerprint density at radius 3 is 2.64 bits per heavy atom. The third-order valence-electron chi connectivity index (χ3n) is 3.06. The number of thiophene rings is 1. The lowest BCUT2D eigenvalue weighted by atomic mass is 10.1. The average molecular weight is 332 g/mol. The van der Waals surface area contributed by atoms with E-state index in [1.54, 1.807) is 29.3 Å². The van der Waals surface area contributed by atoms with Crippen molar-refractivity contribution in [2.75, 3.05) is 5.75 Å². The van der Waals surface area contributed by atoms with E-state index in [1.807, 2.05) is 18.4 Å². The largest absolute Gasteiger partial charge is 0.272 e. The lowest BCUT2D eigenvalue weighted by Gasteiger charge is -2.04. The topological polar surface area (TPSA) is 41.5 Å². The number of carbonyl (C=O) groups is 1. The van der Waals surface area contributed by atoms with Crippen molar-refractivity contribution in [3.63, 3.8) is 0 Å². The molecule has 0 aliphatic heterocycles. The van der Waals surface area contributed by atoms with Crippen molar-refractivity contribution in [3.8, 4) is 0 Å². The van der Waals surface area contributed by atoms with Crippen LogP contribution >= 0.6 is 23.1 Å². The Hall–Kier alpha value is -1.59. The molecule has 0 radical (unpaired) electrons. The second-order valence-electron chi connectivity index (χ2n) is 5.25. The molecule has 5 heteroatoms. The third kappa shape index (κ3) is 5.31. The Labute approximate surface area is 139 Å². The summed E-state index contributed by atoms with van der Waals surface area (Å²) < 4.78 is 0. The van der Waals surface area contributed by atoms with E-state index in [0.29, 0.717) is 5.75 Å². The van der Waals surface area contributed by atoms with Gasteiger partial charge in [0, 0.05) is 10.6 Å². The Morgan fingerprint density at radius 1 is 1.27 bits per heavy atom. The molecular weight excluding hydrogens is 312 g/mol. The predicted molar refractivity (Wildman–Crippen MR) is 96.9 cm³/mol. The molecule has 1 N–H and O–H groups in total. The van der Waals surface area contributed by atoms with Crippen LogP contribution in [0.4, 0.5) is 0 Å². The van der Waals surface area contributed by atoms with Crippen LogP contribution in [0.25, 0.3) is 0 Å². The number of nitrogens with zero attached hydrogens (tertiary/aromatic N) is 1. The summed E-state index contributed by atoms with van der Waals surface area (Å²) in [6.07, 6.45) is 1.70. The van der Waals surface area contributed by atoms with Gasteiger partial charge in [0.05, 0.1) is 12.0 Å². The Morgan fingerprint density at radius 2 is 2.00 bits per heavy atom. The number of amides is 1. The normalized spacial score (nSPS) is 11.0. The molecule has 0 aliphatic carbocycles. The van der Waals surface area contributed by atoms with Crippen molar-refractivity contribution >= 4 is 35.2 Å². The van der Waals surface area contributed by atoms with Crippen molar-refractivity contribution in [2.24, 2.45) is 5.10 Å². The van der Waals surface area contributed by atoms with Gasteiger partial charge in [-0.3, -0.25) is 4.79 Å². The van der Waals surface area contributed by atoms with E-state index in [2.05, 4.69) is 42.6 Å². The van der Waals surface area contributed by atoms with E-state index in [9.17, 15) is 4.79 Å². The molecule has 0 spiro atoms.